The molecule has 0 saturated carbocycles. The zero-order chi connectivity index (χ0) is 18.8. The Hall–Kier alpha value is -3.48. The molecule has 1 heterocycles. The van der Waals surface area contributed by atoms with E-state index >= 15 is 0 Å². The Balaban J connectivity index is 2.10. The van der Waals surface area contributed by atoms with E-state index in [0.717, 1.165) is 4.90 Å². The average Bonchev–Trinajstić information content (AvgIpc) is 2.89. The Morgan fingerprint density at radius 3 is 2.19 bits per heavy atom. The molecule has 0 bridgehead atoms. The summed E-state index contributed by atoms with van der Waals surface area (Å²) in [5.41, 5.74) is 0.422. The summed E-state index contributed by atoms with van der Waals surface area (Å²) in [5.74, 6) is -0.997. The van der Waals surface area contributed by atoms with Crippen molar-refractivity contribution in [2.75, 3.05) is 26.2 Å². The van der Waals surface area contributed by atoms with E-state index in [1.54, 1.807) is 36.4 Å². The standard InChI is InChI=1S/C19H17NO6/c1-24-11-8-9-13(15(10-11)26-3)20-18(22)16(17(21)19(20)23)12-6-4-5-7-14(12)25-2/h4-10,21H,1-3H3. The van der Waals surface area contributed by atoms with Crippen LogP contribution in [-0.2, 0) is 9.59 Å². The Morgan fingerprint density at radius 1 is 0.846 bits per heavy atom. The monoisotopic (exact) mass is 355 g/mol. The molecule has 7 heteroatoms. The summed E-state index contributed by atoms with van der Waals surface area (Å²) >= 11 is 0. The highest BCUT2D eigenvalue weighted by Gasteiger charge is 2.42. The molecular weight excluding hydrogens is 338 g/mol. The second-order valence-electron chi connectivity index (χ2n) is 5.41. The number of carbonyl (C=O) groups excluding carboxylic acids is 2. The number of hydrogen-bond donors (Lipinski definition) is 1. The van der Waals surface area contributed by atoms with Crippen LogP contribution >= 0.6 is 0 Å². The lowest BCUT2D eigenvalue weighted by atomic mass is 10.0. The van der Waals surface area contributed by atoms with E-state index in [9.17, 15) is 14.7 Å². The van der Waals surface area contributed by atoms with Crippen molar-refractivity contribution in [2.24, 2.45) is 0 Å². The molecule has 0 atom stereocenters. The molecule has 7 nitrogen and oxygen atoms in total. The third kappa shape index (κ3) is 2.63. The van der Waals surface area contributed by atoms with Crippen molar-refractivity contribution in [3.8, 4) is 17.2 Å². The van der Waals surface area contributed by atoms with Crippen molar-refractivity contribution in [3.05, 3.63) is 53.8 Å². The van der Waals surface area contributed by atoms with Gasteiger partial charge in [-0.3, -0.25) is 9.59 Å². The maximum absolute atomic E-state index is 13.0. The van der Waals surface area contributed by atoms with E-state index < -0.39 is 17.6 Å². The first-order valence-electron chi connectivity index (χ1n) is 7.71. The number of aliphatic hydroxyl groups is 1. The number of ether oxygens (including phenoxy) is 3. The molecule has 1 N–H and O–H groups in total. The number of benzene rings is 2. The summed E-state index contributed by atoms with van der Waals surface area (Å²) in [6.07, 6.45) is 0. The van der Waals surface area contributed by atoms with Gasteiger partial charge in [-0.2, -0.15) is 0 Å². The van der Waals surface area contributed by atoms with Gasteiger partial charge in [-0.1, -0.05) is 18.2 Å². The number of carbonyl (C=O) groups is 2. The van der Waals surface area contributed by atoms with Crippen LogP contribution in [0.5, 0.6) is 17.2 Å². The zero-order valence-corrected chi connectivity index (χ0v) is 14.5. The largest absolute Gasteiger partial charge is 0.502 e. The Bertz CT molecular complexity index is 918. The molecule has 0 radical (unpaired) electrons. The number of para-hydroxylation sites is 1. The van der Waals surface area contributed by atoms with E-state index in [-0.39, 0.29) is 17.0 Å². The fraction of sp³-hybridized carbons (Fsp3) is 0.158. The van der Waals surface area contributed by atoms with Crippen molar-refractivity contribution < 1.29 is 28.9 Å². The van der Waals surface area contributed by atoms with Gasteiger partial charge in [0.25, 0.3) is 5.91 Å². The van der Waals surface area contributed by atoms with Gasteiger partial charge in [0.15, 0.2) is 5.76 Å². The molecule has 134 valence electrons. The minimum absolute atomic E-state index is 0.120. The Morgan fingerprint density at radius 2 is 1.54 bits per heavy atom. The first-order chi connectivity index (χ1) is 12.5. The number of imide groups is 1. The molecule has 2 amide bonds. The molecule has 3 rings (SSSR count). The number of anilines is 1. The predicted octanol–water partition coefficient (Wildman–Crippen LogP) is 2.55. The third-order valence-electron chi connectivity index (χ3n) is 4.06. The topological polar surface area (TPSA) is 85.3 Å². The first kappa shape index (κ1) is 17.3. The summed E-state index contributed by atoms with van der Waals surface area (Å²) in [6, 6.07) is 11.3. The normalized spacial score (nSPS) is 14.0. The molecule has 0 fully saturated rings. The average molecular weight is 355 g/mol. The van der Waals surface area contributed by atoms with Crippen LogP contribution < -0.4 is 19.1 Å². The van der Waals surface area contributed by atoms with Gasteiger partial charge in [-0.05, 0) is 18.2 Å². The molecule has 0 spiro atoms. The molecular formula is C19H17NO6. The molecule has 0 aliphatic carbocycles. The maximum Gasteiger partial charge on any atom is 0.301 e. The number of rotatable bonds is 5. The second kappa shape index (κ2) is 6.79. The lowest BCUT2D eigenvalue weighted by molar-refractivity contribution is -0.121. The van der Waals surface area contributed by atoms with Gasteiger partial charge in [0.1, 0.15) is 17.2 Å². The van der Waals surface area contributed by atoms with E-state index in [2.05, 4.69) is 0 Å². The quantitative estimate of drug-likeness (QED) is 0.830. The predicted molar refractivity (Wildman–Crippen MR) is 94.6 cm³/mol. The highest BCUT2D eigenvalue weighted by atomic mass is 16.5. The second-order valence-corrected chi connectivity index (χ2v) is 5.41. The number of nitrogens with zero attached hydrogens (tertiary/aromatic N) is 1. The smallest absolute Gasteiger partial charge is 0.301 e. The minimum atomic E-state index is -0.834. The van der Waals surface area contributed by atoms with Gasteiger partial charge in [-0.25, -0.2) is 4.90 Å². The molecule has 1 aliphatic rings. The van der Waals surface area contributed by atoms with Crippen LogP contribution in [0, 0.1) is 0 Å². The van der Waals surface area contributed by atoms with E-state index in [1.807, 2.05) is 0 Å². The summed E-state index contributed by atoms with van der Waals surface area (Å²) in [5, 5.41) is 10.3. The third-order valence-corrected chi connectivity index (χ3v) is 4.06. The molecule has 0 unspecified atom stereocenters. The summed E-state index contributed by atoms with van der Waals surface area (Å²) in [6.45, 7) is 0. The van der Waals surface area contributed by atoms with Crippen LogP contribution in [0.15, 0.2) is 48.2 Å². The van der Waals surface area contributed by atoms with Crippen LogP contribution in [0.2, 0.25) is 0 Å². The van der Waals surface area contributed by atoms with Gasteiger partial charge >= 0.3 is 5.91 Å². The zero-order valence-electron chi connectivity index (χ0n) is 14.5. The SMILES string of the molecule is COc1ccc(N2C(=O)C(O)=C(c3ccccc3OC)C2=O)c(OC)c1. The van der Waals surface area contributed by atoms with Crippen LogP contribution in [-0.4, -0.2) is 38.3 Å². The van der Waals surface area contributed by atoms with Crippen molar-refractivity contribution in [1.82, 2.24) is 0 Å². The van der Waals surface area contributed by atoms with Gasteiger partial charge in [0.05, 0.1) is 32.6 Å². The highest BCUT2D eigenvalue weighted by molar-refractivity contribution is 6.45. The molecule has 1 aliphatic heterocycles. The molecule has 0 saturated heterocycles. The molecule has 26 heavy (non-hydrogen) atoms. The maximum atomic E-state index is 13.0. The molecule has 2 aromatic rings. The van der Waals surface area contributed by atoms with Crippen molar-refractivity contribution in [3.63, 3.8) is 0 Å². The number of aliphatic hydroxyl groups excluding tert-OH is 1. The summed E-state index contributed by atoms with van der Waals surface area (Å²) in [7, 11) is 4.35. The van der Waals surface area contributed by atoms with E-state index in [1.165, 1.54) is 27.4 Å². The van der Waals surface area contributed by atoms with E-state index in [4.69, 9.17) is 14.2 Å². The van der Waals surface area contributed by atoms with Gasteiger partial charge < -0.3 is 19.3 Å². The molecule has 0 aromatic heterocycles. The van der Waals surface area contributed by atoms with E-state index in [0.29, 0.717) is 17.1 Å². The van der Waals surface area contributed by atoms with Crippen LogP contribution in [0.1, 0.15) is 5.56 Å². The van der Waals surface area contributed by atoms with Crippen LogP contribution in [0.4, 0.5) is 5.69 Å². The lowest BCUT2D eigenvalue weighted by Gasteiger charge is -2.18. The number of hydrogen-bond acceptors (Lipinski definition) is 6. The van der Waals surface area contributed by atoms with Gasteiger partial charge in [0, 0.05) is 11.6 Å². The fourth-order valence-corrected chi connectivity index (χ4v) is 2.80. The summed E-state index contributed by atoms with van der Waals surface area (Å²) in [4.78, 5) is 26.4. The van der Waals surface area contributed by atoms with Crippen molar-refractivity contribution in [1.29, 1.82) is 0 Å². The van der Waals surface area contributed by atoms with Crippen molar-refractivity contribution in [2.45, 2.75) is 0 Å². The summed E-state index contributed by atoms with van der Waals surface area (Å²) < 4.78 is 15.6. The van der Waals surface area contributed by atoms with Gasteiger partial charge in [-0.15, -0.1) is 0 Å². The number of methoxy groups -OCH3 is 3. The minimum Gasteiger partial charge on any atom is -0.502 e. The molecule has 2 aromatic carbocycles. The Labute approximate surface area is 150 Å². The van der Waals surface area contributed by atoms with Crippen LogP contribution in [0.3, 0.4) is 0 Å². The number of amides is 2. The van der Waals surface area contributed by atoms with Gasteiger partial charge in [0.2, 0.25) is 0 Å². The Kier molecular flexibility index (Phi) is 4.53. The first-order valence-corrected chi connectivity index (χ1v) is 7.71. The fourth-order valence-electron chi connectivity index (χ4n) is 2.80. The highest BCUT2D eigenvalue weighted by Crippen LogP contribution is 2.40. The lowest BCUT2D eigenvalue weighted by Crippen LogP contribution is -2.31. The van der Waals surface area contributed by atoms with Crippen molar-refractivity contribution >= 4 is 23.1 Å². The van der Waals surface area contributed by atoms with Crippen LogP contribution in [0.25, 0.3) is 5.57 Å².